The standard InChI is InChI=1S/C21H33N3O2.HI/c1-16-10-11-17(20(13-16)26-15-19-9-6-12-25-19)14-23-21(22)24-18-7-4-2-3-5-8-18;/h10-11,13,18-19H,2-9,12,14-15H2,1H3,(H3,22,23,24);1H. The van der Waals surface area contributed by atoms with Crippen molar-refractivity contribution in [1.29, 1.82) is 0 Å². The molecular formula is C21H34IN3O2. The second-order valence-corrected chi connectivity index (χ2v) is 7.59. The first-order valence-electron chi connectivity index (χ1n) is 10.1. The van der Waals surface area contributed by atoms with Gasteiger partial charge in [0.1, 0.15) is 12.4 Å². The van der Waals surface area contributed by atoms with Crippen molar-refractivity contribution in [3.63, 3.8) is 0 Å². The number of hydrogen-bond donors (Lipinski definition) is 2. The lowest BCUT2D eigenvalue weighted by atomic mass is 10.1. The maximum atomic E-state index is 6.13. The molecule has 0 radical (unpaired) electrons. The number of aryl methyl sites for hydroxylation is 1. The van der Waals surface area contributed by atoms with Crippen LogP contribution in [0.1, 0.15) is 62.5 Å². The number of nitrogens with two attached hydrogens (primary N) is 1. The number of benzene rings is 1. The molecule has 0 spiro atoms. The monoisotopic (exact) mass is 487 g/mol. The molecule has 3 N–H and O–H groups in total. The van der Waals surface area contributed by atoms with Crippen LogP contribution in [-0.4, -0.2) is 31.3 Å². The molecule has 1 atom stereocenters. The van der Waals surface area contributed by atoms with E-state index in [1.807, 2.05) is 0 Å². The van der Waals surface area contributed by atoms with Gasteiger partial charge in [-0.05, 0) is 44.2 Å². The summed E-state index contributed by atoms with van der Waals surface area (Å²) in [6, 6.07) is 6.73. The van der Waals surface area contributed by atoms with Crippen molar-refractivity contribution < 1.29 is 9.47 Å². The highest BCUT2D eigenvalue weighted by Gasteiger charge is 2.17. The number of nitrogens with zero attached hydrogens (tertiary/aromatic N) is 1. The van der Waals surface area contributed by atoms with Gasteiger partial charge in [0, 0.05) is 18.2 Å². The van der Waals surface area contributed by atoms with E-state index in [0.717, 1.165) is 30.8 Å². The fourth-order valence-corrected chi connectivity index (χ4v) is 3.73. The lowest BCUT2D eigenvalue weighted by molar-refractivity contribution is 0.0676. The number of hydrogen-bond acceptors (Lipinski definition) is 3. The average Bonchev–Trinajstić information content (AvgIpc) is 3.03. The predicted molar refractivity (Wildman–Crippen MR) is 121 cm³/mol. The summed E-state index contributed by atoms with van der Waals surface area (Å²) in [7, 11) is 0. The van der Waals surface area contributed by atoms with Gasteiger partial charge in [-0.2, -0.15) is 0 Å². The zero-order valence-corrected chi connectivity index (χ0v) is 18.7. The second-order valence-electron chi connectivity index (χ2n) is 7.59. The zero-order valence-electron chi connectivity index (χ0n) is 16.4. The Bertz CT molecular complexity index is 595. The number of ether oxygens (including phenoxy) is 2. The maximum absolute atomic E-state index is 6.13. The Labute approximate surface area is 180 Å². The molecule has 0 aromatic heterocycles. The van der Waals surface area contributed by atoms with E-state index >= 15 is 0 Å². The van der Waals surface area contributed by atoms with Crippen LogP contribution in [0.25, 0.3) is 0 Å². The summed E-state index contributed by atoms with van der Waals surface area (Å²) in [5, 5.41) is 3.40. The number of guanidine groups is 1. The second kappa shape index (κ2) is 11.7. The minimum atomic E-state index is 0. The molecule has 1 aromatic rings. The highest BCUT2D eigenvalue weighted by atomic mass is 127. The molecule has 5 nitrogen and oxygen atoms in total. The Morgan fingerprint density at radius 1 is 1.19 bits per heavy atom. The summed E-state index contributed by atoms with van der Waals surface area (Å²) in [6.45, 7) is 4.07. The summed E-state index contributed by atoms with van der Waals surface area (Å²) in [5.41, 5.74) is 8.39. The molecule has 1 aromatic carbocycles. The quantitative estimate of drug-likeness (QED) is 0.272. The molecule has 3 rings (SSSR count). The first-order chi connectivity index (χ1) is 12.7. The van der Waals surface area contributed by atoms with Crippen molar-refractivity contribution in [2.75, 3.05) is 13.2 Å². The largest absolute Gasteiger partial charge is 0.491 e. The van der Waals surface area contributed by atoms with Crippen LogP contribution < -0.4 is 15.8 Å². The molecule has 1 saturated heterocycles. The van der Waals surface area contributed by atoms with Crippen LogP contribution in [0.2, 0.25) is 0 Å². The van der Waals surface area contributed by atoms with Gasteiger partial charge in [-0.25, -0.2) is 4.99 Å². The molecule has 2 fully saturated rings. The van der Waals surface area contributed by atoms with E-state index in [1.165, 1.54) is 44.1 Å². The highest BCUT2D eigenvalue weighted by molar-refractivity contribution is 14.0. The third-order valence-corrected chi connectivity index (χ3v) is 5.30. The molecule has 1 aliphatic heterocycles. The van der Waals surface area contributed by atoms with Gasteiger partial charge < -0.3 is 20.5 Å². The van der Waals surface area contributed by atoms with Crippen molar-refractivity contribution in [1.82, 2.24) is 5.32 Å². The maximum Gasteiger partial charge on any atom is 0.189 e. The van der Waals surface area contributed by atoms with Crippen LogP contribution in [0, 0.1) is 6.92 Å². The average molecular weight is 487 g/mol. The van der Waals surface area contributed by atoms with Crippen LogP contribution in [0.3, 0.4) is 0 Å². The van der Waals surface area contributed by atoms with Gasteiger partial charge >= 0.3 is 0 Å². The van der Waals surface area contributed by atoms with Crippen LogP contribution in [-0.2, 0) is 11.3 Å². The van der Waals surface area contributed by atoms with Gasteiger partial charge in [-0.3, -0.25) is 0 Å². The van der Waals surface area contributed by atoms with Gasteiger partial charge in [-0.1, -0.05) is 37.8 Å². The summed E-state index contributed by atoms with van der Waals surface area (Å²) < 4.78 is 11.7. The number of nitrogens with one attached hydrogen (secondary N) is 1. The van der Waals surface area contributed by atoms with E-state index < -0.39 is 0 Å². The molecule has 2 aliphatic rings. The van der Waals surface area contributed by atoms with Gasteiger partial charge in [0.05, 0.1) is 12.6 Å². The van der Waals surface area contributed by atoms with Gasteiger partial charge in [-0.15, -0.1) is 24.0 Å². The lowest BCUT2D eigenvalue weighted by Gasteiger charge is -2.17. The van der Waals surface area contributed by atoms with E-state index in [4.69, 9.17) is 15.2 Å². The van der Waals surface area contributed by atoms with E-state index in [0.29, 0.717) is 25.2 Å². The molecular weight excluding hydrogens is 453 g/mol. The SMILES string of the molecule is Cc1ccc(CN=C(N)NC2CCCCCC2)c(OCC2CCCO2)c1.I. The lowest BCUT2D eigenvalue weighted by Crippen LogP contribution is -2.39. The molecule has 6 heteroatoms. The Hall–Kier alpha value is -1.02. The molecule has 0 bridgehead atoms. The van der Waals surface area contributed by atoms with E-state index in [9.17, 15) is 0 Å². The molecule has 1 aliphatic carbocycles. The highest BCUT2D eigenvalue weighted by Crippen LogP contribution is 2.23. The van der Waals surface area contributed by atoms with E-state index in [-0.39, 0.29) is 30.1 Å². The molecule has 152 valence electrons. The fourth-order valence-electron chi connectivity index (χ4n) is 3.73. The summed E-state index contributed by atoms with van der Waals surface area (Å²) >= 11 is 0. The van der Waals surface area contributed by atoms with Crippen LogP contribution in [0.5, 0.6) is 5.75 Å². The topological polar surface area (TPSA) is 68.9 Å². The third-order valence-electron chi connectivity index (χ3n) is 5.30. The number of rotatable bonds is 6. The minimum Gasteiger partial charge on any atom is -0.491 e. The zero-order chi connectivity index (χ0) is 18.2. The van der Waals surface area contributed by atoms with Crippen molar-refractivity contribution in [3.05, 3.63) is 29.3 Å². The van der Waals surface area contributed by atoms with Gasteiger partial charge in [0.25, 0.3) is 0 Å². The Morgan fingerprint density at radius 3 is 2.67 bits per heavy atom. The van der Waals surface area contributed by atoms with Crippen molar-refractivity contribution in [2.24, 2.45) is 10.7 Å². The normalized spacial score (nSPS) is 21.4. The van der Waals surface area contributed by atoms with Crippen LogP contribution in [0.4, 0.5) is 0 Å². The van der Waals surface area contributed by atoms with Crippen LogP contribution >= 0.6 is 24.0 Å². The Balaban J connectivity index is 0.00000261. The fraction of sp³-hybridized carbons (Fsp3) is 0.667. The molecule has 1 unspecified atom stereocenters. The summed E-state index contributed by atoms with van der Waals surface area (Å²) in [4.78, 5) is 4.56. The van der Waals surface area contributed by atoms with E-state index in [1.54, 1.807) is 0 Å². The molecule has 0 amide bonds. The first kappa shape index (κ1) is 22.3. The first-order valence-corrected chi connectivity index (χ1v) is 10.1. The van der Waals surface area contributed by atoms with Crippen molar-refractivity contribution in [2.45, 2.75) is 77.0 Å². The van der Waals surface area contributed by atoms with Gasteiger partial charge in [0.2, 0.25) is 0 Å². The Morgan fingerprint density at radius 2 is 1.96 bits per heavy atom. The van der Waals surface area contributed by atoms with Crippen molar-refractivity contribution >= 4 is 29.9 Å². The third kappa shape index (κ3) is 7.49. The summed E-state index contributed by atoms with van der Waals surface area (Å²) in [5.74, 6) is 1.44. The van der Waals surface area contributed by atoms with Crippen molar-refractivity contribution in [3.8, 4) is 5.75 Å². The predicted octanol–water partition coefficient (Wildman–Crippen LogP) is 4.30. The van der Waals surface area contributed by atoms with E-state index in [2.05, 4.69) is 35.4 Å². The molecule has 1 heterocycles. The molecule has 27 heavy (non-hydrogen) atoms. The summed E-state index contributed by atoms with van der Waals surface area (Å²) in [6.07, 6.45) is 10.0. The molecule has 1 saturated carbocycles. The van der Waals surface area contributed by atoms with Crippen LogP contribution in [0.15, 0.2) is 23.2 Å². The van der Waals surface area contributed by atoms with Gasteiger partial charge in [0.15, 0.2) is 5.96 Å². The smallest absolute Gasteiger partial charge is 0.189 e. The minimum absolute atomic E-state index is 0. The Kier molecular flexibility index (Phi) is 9.68. The number of aliphatic imine (C=N–C) groups is 1. The number of halogens is 1.